The summed E-state index contributed by atoms with van der Waals surface area (Å²) in [5.74, 6) is 0. The molecule has 11 nitrogen and oxygen atoms in total. The van der Waals surface area contributed by atoms with Crippen molar-refractivity contribution in [1.82, 2.24) is 24.1 Å². The summed E-state index contributed by atoms with van der Waals surface area (Å²) in [7, 11) is 0. The molecule has 0 bridgehead atoms. The predicted molar refractivity (Wildman–Crippen MR) is 67.4 cm³/mol. The van der Waals surface area contributed by atoms with E-state index < -0.39 is 31.1 Å². The molecule has 4 heterocycles. The second kappa shape index (κ2) is 4.58. The van der Waals surface area contributed by atoms with E-state index in [1.54, 1.807) is 0 Å². The smallest absolute Gasteiger partial charge is 0.338 e. The highest BCUT2D eigenvalue weighted by molar-refractivity contribution is 5.84. The van der Waals surface area contributed by atoms with Crippen LogP contribution >= 0.6 is 0 Å². The molecule has 0 amide bonds. The van der Waals surface area contributed by atoms with Crippen molar-refractivity contribution in [1.29, 1.82) is 5.41 Å². The van der Waals surface area contributed by atoms with E-state index in [1.165, 1.54) is 21.8 Å². The van der Waals surface area contributed by atoms with E-state index in [0.29, 0.717) is 16.8 Å². The van der Waals surface area contributed by atoms with Gasteiger partial charge in [0.05, 0.1) is 12.9 Å². The molecule has 1 aliphatic rings. The molecule has 11 heteroatoms. The zero-order valence-corrected chi connectivity index (χ0v) is 11.1. The molecule has 4 rings (SSSR count). The Balaban J connectivity index is 1.86. The number of aromatic nitrogens is 5. The van der Waals surface area contributed by atoms with Crippen molar-refractivity contribution >= 4 is 16.8 Å². The first kappa shape index (κ1) is 13.3. The van der Waals surface area contributed by atoms with E-state index in [-0.39, 0.29) is 5.68 Å². The number of nitrogens with zero attached hydrogens (tertiary/aromatic N) is 5. The molecular formula is C11H12N6O5. The van der Waals surface area contributed by atoms with Gasteiger partial charge in [-0.05, 0) is 0 Å². The normalized spacial score (nSPS) is 28.9. The van der Waals surface area contributed by atoms with Crippen LogP contribution in [0.2, 0.25) is 0 Å². The Hall–Kier alpha value is -2.34. The first-order valence-corrected chi connectivity index (χ1v) is 6.48. The summed E-state index contributed by atoms with van der Waals surface area (Å²) in [6.07, 6.45) is -1.56. The van der Waals surface area contributed by atoms with Crippen molar-refractivity contribution in [2.24, 2.45) is 0 Å². The fourth-order valence-corrected chi connectivity index (χ4v) is 2.58. The van der Waals surface area contributed by atoms with Crippen LogP contribution in [0.15, 0.2) is 17.2 Å². The van der Waals surface area contributed by atoms with E-state index in [9.17, 15) is 10.2 Å². The number of nitrogens with one attached hydrogen (secondary N) is 1. The van der Waals surface area contributed by atoms with Crippen LogP contribution < -0.4 is 5.68 Å². The van der Waals surface area contributed by atoms with Crippen LogP contribution in [-0.2, 0) is 4.74 Å². The number of fused-ring (bicyclic) bond motifs is 3. The van der Waals surface area contributed by atoms with Gasteiger partial charge in [-0.25, -0.2) is 15.4 Å². The van der Waals surface area contributed by atoms with Gasteiger partial charge in [0.25, 0.3) is 0 Å². The van der Waals surface area contributed by atoms with Crippen LogP contribution in [0.5, 0.6) is 0 Å². The molecule has 0 spiro atoms. The fourth-order valence-electron chi connectivity index (χ4n) is 2.58. The number of hydrogen-bond donors (Lipinski definition) is 4. The molecule has 3 aromatic rings. The number of imidazole rings is 1. The molecule has 0 aliphatic carbocycles. The minimum atomic E-state index is -1.23. The summed E-state index contributed by atoms with van der Waals surface area (Å²) in [5.41, 5.74) is 0.739. The van der Waals surface area contributed by atoms with Crippen molar-refractivity contribution in [3.63, 3.8) is 0 Å². The Morgan fingerprint density at radius 3 is 2.73 bits per heavy atom. The van der Waals surface area contributed by atoms with Crippen molar-refractivity contribution < 1.29 is 24.6 Å². The molecule has 0 radical (unpaired) electrons. The lowest BCUT2D eigenvalue weighted by atomic mass is 10.1. The molecule has 4 atom stereocenters. The standard InChI is InChI=1S/C11H12N6O5/c12-11-15-9-5-8(14-3-17(9)22-11)16(2-13-5)10-7(20)6(19)4(1-18)21-10/h2-4,6-7,10,12,18-20H,1H2/t4-,6-,7-,10-/m1/s1/i12+1. The van der Waals surface area contributed by atoms with Crippen molar-refractivity contribution in [2.75, 3.05) is 6.61 Å². The SMILES string of the molecule is [15NH]=c1nc2c3ncn([C@@H]4O[C@H](CO)[C@@H](O)[C@H]4O)c3ncn2o1. The average Bonchev–Trinajstić information content (AvgIpc) is 3.15. The van der Waals surface area contributed by atoms with E-state index >= 15 is 0 Å². The zero-order chi connectivity index (χ0) is 15.4. The molecule has 1 aliphatic heterocycles. The van der Waals surface area contributed by atoms with Crippen molar-refractivity contribution in [2.45, 2.75) is 24.5 Å². The molecule has 0 saturated carbocycles. The lowest BCUT2D eigenvalue weighted by molar-refractivity contribution is -0.0511. The van der Waals surface area contributed by atoms with Crippen molar-refractivity contribution in [3.8, 4) is 0 Å². The summed E-state index contributed by atoms with van der Waals surface area (Å²) in [6.45, 7) is -0.416. The summed E-state index contributed by atoms with van der Waals surface area (Å²) >= 11 is 0. The first-order chi connectivity index (χ1) is 10.6. The van der Waals surface area contributed by atoms with Gasteiger partial charge < -0.3 is 24.6 Å². The van der Waals surface area contributed by atoms with Crippen LogP contribution in [0.25, 0.3) is 16.8 Å². The predicted octanol–water partition coefficient (Wildman–Crippen LogP) is -2.24. The van der Waals surface area contributed by atoms with Gasteiger partial charge in [0.1, 0.15) is 24.6 Å². The zero-order valence-electron chi connectivity index (χ0n) is 11.1. The summed E-state index contributed by atoms with van der Waals surface area (Å²) in [6, 6.07) is 0. The Labute approximate surface area is 121 Å². The van der Waals surface area contributed by atoms with E-state index in [4.69, 9.17) is 19.8 Å². The first-order valence-electron chi connectivity index (χ1n) is 6.48. The van der Waals surface area contributed by atoms with E-state index in [1.807, 2.05) is 0 Å². The van der Waals surface area contributed by atoms with Gasteiger partial charge in [-0.2, -0.15) is 4.98 Å². The molecule has 0 aromatic carbocycles. The van der Waals surface area contributed by atoms with E-state index in [2.05, 4.69) is 15.0 Å². The molecular weight excluding hydrogens is 297 g/mol. The van der Waals surface area contributed by atoms with Crippen LogP contribution in [-0.4, -0.2) is 64.3 Å². The number of aliphatic hydroxyl groups excluding tert-OH is 3. The van der Waals surface area contributed by atoms with Gasteiger partial charge in [-0.15, -0.1) is 4.57 Å². The second-order valence-electron chi connectivity index (χ2n) is 4.96. The molecule has 116 valence electrons. The molecule has 4 N–H and O–H groups in total. The quantitative estimate of drug-likeness (QED) is 0.387. The Bertz CT molecular complexity index is 899. The molecule has 3 aromatic heterocycles. The fraction of sp³-hybridized carbons (Fsp3) is 0.455. The Morgan fingerprint density at radius 2 is 2.00 bits per heavy atom. The minimum absolute atomic E-state index is 0.281. The van der Waals surface area contributed by atoms with Gasteiger partial charge in [-0.1, -0.05) is 0 Å². The van der Waals surface area contributed by atoms with Gasteiger partial charge >= 0.3 is 5.68 Å². The van der Waals surface area contributed by atoms with Gasteiger partial charge in [0.2, 0.25) is 5.65 Å². The van der Waals surface area contributed by atoms with Crippen LogP contribution in [0.3, 0.4) is 0 Å². The lowest BCUT2D eigenvalue weighted by Gasteiger charge is -2.16. The maximum Gasteiger partial charge on any atom is 0.338 e. The van der Waals surface area contributed by atoms with Crippen LogP contribution in [0, 0.1) is 5.41 Å². The van der Waals surface area contributed by atoms with Crippen LogP contribution in [0.4, 0.5) is 0 Å². The average molecular weight is 309 g/mol. The number of ether oxygens (including phenoxy) is 1. The van der Waals surface area contributed by atoms with Gasteiger partial charge in [0, 0.05) is 0 Å². The summed E-state index contributed by atoms with van der Waals surface area (Å²) in [4.78, 5) is 12.2. The lowest BCUT2D eigenvalue weighted by Crippen LogP contribution is -2.33. The highest BCUT2D eigenvalue weighted by Crippen LogP contribution is 2.31. The highest BCUT2D eigenvalue weighted by Gasteiger charge is 2.44. The third-order valence-corrected chi connectivity index (χ3v) is 3.66. The highest BCUT2D eigenvalue weighted by atomic mass is 16.6. The monoisotopic (exact) mass is 309 g/mol. The molecule has 0 unspecified atom stereocenters. The Kier molecular flexibility index (Phi) is 2.77. The summed E-state index contributed by atoms with van der Waals surface area (Å²) in [5, 5.41) is 36.4. The third-order valence-electron chi connectivity index (χ3n) is 3.66. The number of aliphatic hydroxyl groups is 3. The topological polar surface area (TPSA) is 155 Å². The largest absolute Gasteiger partial charge is 0.394 e. The summed E-state index contributed by atoms with van der Waals surface area (Å²) < 4.78 is 13.1. The number of rotatable bonds is 2. The van der Waals surface area contributed by atoms with Gasteiger partial charge in [-0.3, -0.25) is 4.57 Å². The third kappa shape index (κ3) is 1.70. The minimum Gasteiger partial charge on any atom is -0.394 e. The second-order valence-corrected chi connectivity index (χ2v) is 4.96. The number of hydrogen-bond acceptors (Lipinski definition) is 9. The molecule has 22 heavy (non-hydrogen) atoms. The maximum atomic E-state index is 10.1. The Morgan fingerprint density at radius 1 is 1.18 bits per heavy atom. The van der Waals surface area contributed by atoms with Crippen LogP contribution in [0.1, 0.15) is 6.23 Å². The van der Waals surface area contributed by atoms with E-state index in [0.717, 1.165) is 0 Å². The van der Waals surface area contributed by atoms with Crippen molar-refractivity contribution in [3.05, 3.63) is 18.3 Å². The molecule has 1 saturated heterocycles. The maximum absolute atomic E-state index is 10.1. The van der Waals surface area contributed by atoms with Gasteiger partial charge in [0.15, 0.2) is 17.4 Å². The molecule has 1 fully saturated rings.